The van der Waals surface area contributed by atoms with Crippen LogP contribution in [0.3, 0.4) is 0 Å². The molecule has 0 spiro atoms. The van der Waals surface area contributed by atoms with E-state index in [0.717, 1.165) is 0 Å². The molecule has 0 atom stereocenters. The molecule has 0 bridgehead atoms. The van der Waals surface area contributed by atoms with E-state index in [9.17, 15) is 9.59 Å². The molecular weight excluding hydrogens is 425 g/mol. The van der Waals surface area contributed by atoms with Crippen molar-refractivity contribution in [3.8, 4) is 5.75 Å². The predicted octanol–water partition coefficient (Wildman–Crippen LogP) is 3.98. The molecule has 2 amide bonds. The summed E-state index contributed by atoms with van der Waals surface area (Å²) in [5, 5.41) is 7.50. The number of ether oxygens (including phenoxy) is 1. The van der Waals surface area contributed by atoms with E-state index in [4.69, 9.17) is 39.5 Å². The van der Waals surface area contributed by atoms with E-state index in [-0.39, 0.29) is 13.2 Å². The Kier molecular flexibility index (Phi) is 8.32. The molecule has 0 heterocycles. The van der Waals surface area contributed by atoms with Crippen LogP contribution < -0.4 is 15.5 Å². The van der Waals surface area contributed by atoms with Crippen LogP contribution in [-0.2, 0) is 16.2 Å². The second-order valence-corrected chi connectivity index (χ2v) is 6.62. The van der Waals surface area contributed by atoms with E-state index >= 15 is 0 Å². The molecule has 28 heavy (non-hydrogen) atoms. The molecule has 9 heteroatoms. The number of benzene rings is 2. The van der Waals surface area contributed by atoms with Crippen molar-refractivity contribution < 1.29 is 14.3 Å². The van der Waals surface area contributed by atoms with Crippen molar-refractivity contribution in [2.45, 2.75) is 6.61 Å². The maximum absolute atomic E-state index is 11.6. The molecule has 0 fully saturated rings. The summed E-state index contributed by atoms with van der Waals surface area (Å²) in [6.07, 6.45) is 2.77. The van der Waals surface area contributed by atoms with Crippen LogP contribution >= 0.6 is 34.8 Å². The second kappa shape index (κ2) is 10.7. The van der Waals surface area contributed by atoms with Crippen molar-refractivity contribution in [1.82, 2.24) is 10.7 Å². The summed E-state index contributed by atoms with van der Waals surface area (Å²) >= 11 is 18.3. The van der Waals surface area contributed by atoms with Crippen molar-refractivity contribution >= 4 is 52.8 Å². The van der Waals surface area contributed by atoms with Crippen molar-refractivity contribution in [1.29, 1.82) is 0 Å². The van der Waals surface area contributed by atoms with Crippen LogP contribution in [0.25, 0.3) is 0 Å². The average Bonchev–Trinajstić information content (AvgIpc) is 2.66. The van der Waals surface area contributed by atoms with Gasteiger partial charge in [0.25, 0.3) is 0 Å². The summed E-state index contributed by atoms with van der Waals surface area (Å²) in [7, 11) is 0. The molecule has 146 valence electrons. The topological polar surface area (TPSA) is 79.8 Å². The van der Waals surface area contributed by atoms with Crippen molar-refractivity contribution in [2.24, 2.45) is 5.10 Å². The van der Waals surface area contributed by atoms with Crippen LogP contribution in [0.15, 0.2) is 54.2 Å². The predicted molar refractivity (Wildman–Crippen MR) is 111 cm³/mol. The fraction of sp³-hybridized carbons (Fsp3) is 0.105. The van der Waals surface area contributed by atoms with E-state index in [2.05, 4.69) is 22.4 Å². The summed E-state index contributed by atoms with van der Waals surface area (Å²) in [6, 6.07) is 10.0. The third-order valence-corrected chi connectivity index (χ3v) is 4.33. The molecule has 0 unspecified atom stereocenters. The molecule has 2 rings (SSSR count). The summed E-state index contributed by atoms with van der Waals surface area (Å²) < 4.78 is 5.78. The van der Waals surface area contributed by atoms with E-state index in [1.165, 1.54) is 12.3 Å². The highest BCUT2D eigenvalue weighted by atomic mass is 35.5. The lowest BCUT2D eigenvalue weighted by Gasteiger charge is -2.11. The van der Waals surface area contributed by atoms with Gasteiger partial charge in [0.1, 0.15) is 12.4 Å². The zero-order valence-corrected chi connectivity index (χ0v) is 16.8. The summed E-state index contributed by atoms with van der Waals surface area (Å²) in [5.41, 5.74) is 3.25. The first-order valence-electron chi connectivity index (χ1n) is 7.99. The largest absolute Gasteiger partial charge is 0.488 e. The smallest absolute Gasteiger partial charge is 0.329 e. The van der Waals surface area contributed by atoms with Crippen LogP contribution in [0.4, 0.5) is 0 Å². The molecule has 0 aliphatic heterocycles. The number of carbonyl (C=O) groups is 2. The fourth-order valence-corrected chi connectivity index (χ4v) is 2.72. The molecular formula is C19H16Cl3N3O3. The van der Waals surface area contributed by atoms with Gasteiger partial charge >= 0.3 is 11.8 Å². The number of nitrogens with one attached hydrogen (secondary N) is 2. The zero-order chi connectivity index (χ0) is 20.5. The standard InChI is InChI=1S/C19H16Cl3N3O3/c1-2-8-23-18(26)19(27)25-24-10-12-9-13(20)6-7-17(12)28-11-14-15(21)4-3-5-16(14)22/h2-7,9-10H,1,8,11H2,(H,23,26)(H,25,27)/b24-10-. The van der Waals surface area contributed by atoms with Crippen molar-refractivity contribution in [2.75, 3.05) is 6.54 Å². The summed E-state index contributed by atoms with van der Waals surface area (Å²) in [5.74, 6) is -1.30. The van der Waals surface area contributed by atoms with Gasteiger partial charge in [0.05, 0.1) is 6.21 Å². The SMILES string of the molecule is C=CCNC(=O)C(=O)N/N=C\c1cc(Cl)ccc1OCc1c(Cl)cccc1Cl. The number of nitrogens with zero attached hydrogens (tertiary/aromatic N) is 1. The Morgan fingerprint density at radius 1 is 1.11 bits per heavy atom. The molecule has 2 aromatic carbocycles. The minimum Gasteiger partial charge on any atom is -0.488 e. The maximum atomic E-state index is 11.6. The maximum Gasteiger partial charge on any atom is 0.329 e. The van der Waals surface area contributed by atoms with Gasteiger partial charge < -0.3 is 10.1 Å². The first-order valence-corrected chi connectivity index (χ1v) is 9.13. The quantitative estimate of drug-likeness (QED) is 0.296. The molecule has 0 aliphatic rings. The van der Waals surface area contributed by atoms with E-state index in [0.29, 0.717) is 31.9 Å². The minimum atomic E-state index is -0.912. The zero-order valence-electron chi connectivity index (χ0n) is 14.5. The number of hydrogen-bond donors (Lipinski definition) is 2. The first-order chi connectivity index (χ1) is 13.4. The molecule has 6 nitrogen and oxygen atoms in total. The van der Waals surface area contributed by atoms with E-state index in [1.54, 1.807) is 36.4 Å². The van der Waals surface area contributed by atoms with Gasteiger partial charge in [-0.1, -0.05) is 46.9 Å². The van der Waals surface area contributed by atoms with Gasteiger partial charge in [-0.25, -0.2) is 5.43 Å². The summed E-state index contributed by atoms with van der Waals surface area (Å²) in [6.45, 7) is 3.74. The highest BCUT2D eigenvalue weighted by Gasteiger charge is 2.11. The Balaban J connectivity index is 2.08. The minimum absolute atomic E-state index is 0.122. The number of hydrogen-bond acceptors (Lipinski definition) is 4. The summed E-state index contributed by atoms with van der Waals surface area (Å²) in [4.78, 5) is 23.1. The number of halogens is 3. The highest BCUT2D eigenvalue weighted by molar-refractivity contribution is 6.36. The number of hydrazone groups is 1. The molecule has 0 aromatic heterocycles. The Labute approximate surface area is 177 Å². The normalized spacial score (nSPS) is 10.5. The fourth-order valence-electron chi connectivity index (χ4n) is 2.03. The first kappa shape index (κ1) is 21.8. The van der Waals surface area contributed by atoms with Gasteiger partial charge in [-0.15, -0.1) is 6.58 Å². The Morgan fingerprint density at radius 3 is 2.50 bits per heavy atom. The number of rotatable bonds is 7. The highest BCUT2D eigenvalue weighted by Crippen LogP contribution is 2.27. The lowest BCUT2D eigenvalue weighted by Crippen LogP contribution is -2.37. The van der Waals surface area contributed by atoms with Gasteiger partial charge in [0, 0.05) is 32.7 Å². The van der Waals surface area contributed by atoms with Crippen LogP contribution in [0.2, 0.25) is 15.1 Å². The van der Waals surface area contributed by atoms with Gasteiger partial charge in [-0.2, -0.15) is 5.10 Å². The third kappa shape index (κ3) is 6.27. The van der Waals surface area contributed by atoms with Gasteiger partial charge in [0.2, 0.25) is 0 Å². The monoisotopic (exact) mass is 439 g/mol. The van der Waals surface area contributed by atoms with E-state index in [1.807, 2.05) is 0 Å². The van der Waals surface area contributed by atoms with Gasteiger partial charge in [-0.05, 0) is 30.3 Å². The second-order valence-electron chi connectivity index (χ2n) is 5.37. The van der Waals surface area contributed by atoms with Crippen molar-refractivity contribution in [3.05, 3.63) is 75.2 Å². The van der Waals surface area contributed by atoms with Crippen LogP contribution in [0.5, 0.6) is 5.75 Å². The number of carbonyl (C=O) groups excluding carboxylic acids is 2. The Morgan fingerprint density at radius 2 is 1.82 bits per heavy atom. The van der Waals surface area contributed by atoms with E-state index < -0.39 is 11.8 Å². The molecule has 0 saturated carbocycles. The molecule has 2 N–H and O–H groups in total. The average molecular weight is 441 g/mol. The molecule has 0 aliphatic carbocycles. The Bertz CT molecular complexity index is 896. The third-order valence-electron chi connectivity index (χ3n) is 3.39. The van der Waals surface area contributed by atoms with Crippen LogP contribution in [0.1, 0.15) is 11.1 Å². The lowest BCUT2D eigenvalue weighted by atomic mass is 10.2. The number of amides is 2. The molecule has 2 aromatic rings. The lowest BCUT2D eigenvalue weighted by molar-refractivity contribution is -0.139. The van der Waals surface area contributed by atoms with Gasteiger partial charge in [-0.3, -0.25) is 9.59 Å². The molecule has 0 saturated heterocycles. The van der Waals surface area contributed by atoms with Gasteiger partial charge in [0.15, 0.2) is 0 Å². The molecule has 0 radical (unpaired) electrons. The van der Waals surface area contributed by atoms with Crippen molar-refractivity contribution in [3.63, 3.8) is 0 Å². The van der Waals surface area contributed by atoms with Crippen LogP contribution in [-0.4, -0.2) is 24.6 Å². The van der Waals surface area contributed by atoms with Crippen LogP contribution in [0, 0.1) is 0 Å². The Hall–Kier alpha value is -2.54.